The second-order valence-corrected chi connectivity index (χ2v) is 10.8. The quantitative estimate of drug-likeness (QED) is 0.345. The second kappa shape index (κ2) is 11.5. The van der Waals surface area contributed by atoms with Crippen LogP contribution in [0.15, 0.2) is 72.8 Å². The second-order valence-electron chi connectivity index (χ2n) is 10.4. The highest BCUT2D eigenvalue weighted by molar-refractivity contribution is 6.31. The van der Waals surface area contributed by atoms with Crippen LogP contribution >= 0.6 is 11.6 Å². The van der Waals surface area contributed by atoms with Crippen molar-refractivity contribution in [2.45, 2.75) is 44.9 Å². The van der Waals surface area contributed by atoms with Gasteiger partial charge < -0.3 is 19.1 Å². The molecule has 0 spiro atoms. The molecule has 0 saturated carbocycles. The highest BCUT2D eigenvalue weighted by Gasteiger charge is 2.52. The SMILES string of the molecule is COC(=O)[C@@H]1C[C@H](C(=O)OC(C)(C)C)[C@H](c2ccccc2Cl)N1C(=O)c1ccc(-c2ccccc2OC)cc1. The number of nitrogens with zero attached hydrogens (tertiary/aromatic N) is 1. The Morgan fingerprint density at radius 3 is 2.13 bits per heavy atom. The Morgan fingerprint density at radius 1 is 0.872 bits per heavy atom. The number of hydrogen-bond donors (Lipinski definition) is 0. The maximum Gasteiger partial charge on any atom is 0.328 e. The van der Waals surface area contributed by atoms with Gasteiger partial charge in [0, 0.05) is 16.1 Å². The van der Waals surface area contributed by atoms with Crippen molar-refractivity contribution in [3.63, 3.8) is 0 Å². The Hall–Kier alpha value is -3.84. The summed E-state index contributed by atoms with van der Waals surface area (Å²) in [5.41, 5.74) is 1.90. The van der Waals surface area contributed by atoms with Crippen molar-refractivity contribution < 1.29 is 28.6 Å². The van der Waals surface area contributed by atoms with Crippen LogP contribution in [0.5, 0.6) is 5.75 Å². The molecule has 39 heavy (non-hydrogen) atoms. The van der Waals surface area contributed by atoms with Crippen molar-refractivity contribution >= 4 is 29.4 Å². The summed E-state index contributed by atoms with van der Waals surface area (Å²) in [6.45, 7) is 5.32. The van der Waals surface area contributed by atoms with Crippen molar-refractivity contribution in [1.82, 2.24) is 4.90 Å². The van der Waals surface area contributed by atoms with Gasteiger partial charge in [-0.2, -0.15) is 0 Å². The fraction of sp³-hybridized carbons (Fsp3) is 0.323. The first-order chi connectivity index (χ1) is 18.6. The van der Waals surface area contributed by atoms with Crippen molar-refractivity contribution in [1.29, 1.82) is 0 Å². The Labute approximate surface area is 233 Å². The molecular formula is C31H32ClNO6. The molecule has 1 aliphatic heterocycles. The standard InChI is InChI=1S/C31H32ClNO6/c1-31(2,3)39-29(35)23-18-25(30(36)38-5)33(27(23)22-11-6-8-12-24(22)32)28(34)20-16-14-19(15-17-20)21-10-7-9-13-26(21)37-4/h6-17,23,25,27H,18H2,1-5H3/t23-,25-,27-/m0/s1. The molecule has 1 amide bonds. The van der Waals surface area contributed by atoms with Crippen molar-refractivity contribution in [3.05, 3.63) is 88.9 Å². The van der Waals surface area contributed by atoms with Crippen molar-refractivity contribution in [2.24, 2.45) is 5.92 Å². The molecule has 3 aromatic rings. The van der Waals surface area contributed by atoms with Crippen LogP contribution in [0.3, 0.4) is 0 Å². The molecule has 1 saturated heterocycles. The van der Waals surface area contributed by atoms with E-state index < -0.39 is 41.4 Å². The van der Waals surface area contributed by atoms with Crippen LogP contribution in [-0.4, -0.2) is 48.6 Å². The van der Waals surface area contributed by atoms with Crippen LogP contribution in [0.2, 0.25) is 5.02 Å². The lowest BCUT2D eigenvalue weighted by Gasteiger charge is -2.32. The Kier molecular flexibility index (Phi) is 8.31. The van der Waals surface area contributed by atoms with Gasteiger partial charge in [-0.15, -0.1) is 0 Å². The molecule has 7 nitrogen and oxygen atoms in total. The summed E-state index contributed by atoms with van der Waals surface area (Å²) in [6, 6.07) is 19.8. The van der Waals surface area contributed by atoms with E-state index in [1.807, 2.05) is 36.4 Å². The summed E-state index contributed by atoms with van der Waals surface area (Å²) >= 11 is 6.58. The molecule has 0 bridgehead atoms. The molecule has 8 heteroatoms. The van der Waals surface area contributed by atoms with E-state index in [4.69, 9.17) is 25.8 Å². The van der Waals surface area contributed by atoms with Gasteiger partial charge >= 0.3 is 11.9 Å². The van der Waals surface area contributed by atoms with Gasteiger partial charge in [0.1, 0.15) is 17.4 Å². The number of carbonyl (C=O) groups excluding carboxylic acids is 3. The number of esters is 2. The number of benzene rings is 3. The number of rotatable bonds is 6. The van der Waals surface area contributed by atoms with E-state index >= 15 is 0 Å². The molecule has 1 heterocycles. The molecule has 204 valence electrons. The van der Waals surface area contributed by atoms with Crippen LogP contribution in [0.25, 0.3) is 11.1 Å². The molecule has 1 fully saturated rings. The average molecular weight is 550 g/mol. The highest BCUT2D eigenvalue weighted by Crippen LogP contribution is 2.45. The van der Waals surface area contributed by atoms with Gasteiger partial charge in [-0.3, -0.25) is 9.59 Å². The predicted molar refractivity (Wildman–Crippen MR) is 149 cm³/mol. The summed E-state index contributed by atoms with van der Waals surface area (Å²) in [6.07, 6.45) is 0.0442. The zero-order chi connectivity index (χ0) is 28.3. The predicted octanol–water partition coefficient (Wildman–Crippen LogP) is 6.10. The molecule has 0 unspecified atom stereocenters. The van der Waals surface area contributed by atoms with Crippen LogP contribution in [0.1, 0.15) is 49.2 Å². The Bertz CT molecular complexity index is 1360. The fourth-order valence-electron chi connectivity index (χ4n) is 4.99. The first-order valence-electron chi connectivity index (χ1n) is 12.7. The molecule has 4 rings (SSSR count). The van der Waals surface area contributed by atoms with Gasteiger partial charge in [0.2, 0.25) is 0 Å². The van der Waals surface area contributed by atoms with E-state index in [1.165, 1.54) is 12.0 Å². The number of hydrogen-bond acceptors (Lipinski definition) is 6. The first-order valence-corrected chi connectivity index (χ1v) is 13.0. The first kappa shape index (κ1) is 28.2. The van der Waals surface area contributed by atoms with E-state index in [2.05, 4.69) is 0 Å². The third-order valence-corrected chi connectivity index (χ3v) is 7.03. The Balaban J connectivity index is 1.78. The molecule has 1 aliphatic rings. The molecule has 0 aromatic heterocycles. The van der Waals surface area contributed by atoms with Gasteiger partial charge in [0.05, 0.1) is 26.2 Å². The zero-order valence-corrected chi connectivity index (χ0v) is 23.4. The van der Waals surface area contributed by atoms with Crippen LogP contribution in [0, 0.1) is 5.92 Å². The topological polar surface area (TPSA) is 82.1 Å². The highest BCUT2D eigenvalue weighted by atomic mass is 35.5. The summed E-state index contributed by atoms with van der Waals surface area (Å²) in [5, 5.41) is 0.380. The van der Waals surface area contributed by atoms with Gasteiger partial charge in [-0.05, 0) is 62.6 Å². The third kappa shape index (κ3) is 5.93. The number of halogens is 1. The normalized spacial score (nSPS) is 18.9. The largest absolute Gasteiger partial charge is 0.496 e. The summed E-state index contributed by atoms with van der Waals surface area (Å²) in [7, 11) is 2.87. The minimum atomic E-state index is -1.00. The van der Waals surface area contributed by atoms with E-state index in [1.54, 1.807) is 64.3 Å². The number of ether oxygens (including phenoxy) is 3. The maximum absolute atomic E-state index is 14.1. The molecule has 0 radical (unpaired) electrons. The van der Waals surface area contributed by atoms with E-state index in [0.29, 0.717) is 21.9 Å². The van der Waals surface area contributed by atoms with Gasteiger partial charge in [0.25, 0.3) is 5.91 Å². The van der Waals surface area contributed by atoms with Crippen LogP contribution in [0.4, 0.5) is 0 Å². The van der Waals surface area contributed by atoms with E-state index in [0.717, 1.165) is 11.1 Å². The fourth-order valence-corrected chi connectivity index (χ4v) is 5.24. The smallest absolute Gasteiger partial charge is 0.328 e. The number of methoxy groups -OCH3 is 2. The zero-order valence-electron chi connectivity index (χ0n) is 22.6. The Morgan fingerprint density at radius 2 is 1.51 bits per heavy atom. The van der Waals surface area contributed by atoms with Gasteiger partial charge in [0.15, 0.2) is 0 Å². The summed E-state index contributed by atoms with van der Waals surface area (Å²) in [5.74, 6) is -1.67. The van der Waals surface area contributed by atoms with E-state index in [9.17, 15) is 14.4 Å². The maximum atomic E-state index is 14.1. The van der Waals surface area contributed by atoms with E-state index in [-0.39, 0.29) is 6.42 Å². The molecule has 3 aromatic carbocycles. The van der Waals surface area contributed by atoms with Crippen LogP contribution < -0.4 is 4.74 Å². The summed E-state index contributed by atoms with van der Waals surface area (Å²) in [4.78, 5) is 41.9. The van der Waals surface area contributed by atoms with Gasteiger partial charge in [-0.1, -0.05) is 60.1 Å². The number of likely N-dealkylation sites (tertiary alicyclic amines) is 1. The molecular weight excluding hydrogens is 518 g/mol. The lowest BCUT2D eigenvalue weighted by atomic mass is 9.92. The number of amides is 1. The number of para-hydroxylation sites is 1. The van der Waals surface area contributed by atoms with Gasteiger partial charge in [-0.25, -0.2) is 4.79 Å². The molecule has 0 N–H and O–H groups in total. The minimum absolute atomic E-state index is 0.0442. The molecule has 3 atom stereocenters. The lowest BCUT2D eigenvalue weighted by molar-refractivity contribution is -0.160. The van der Waals surface area contributed by atoms with Crippen LogP contribution in [-0.2, 0) is 19.1 Å². The monoisotopic (exact) mass is 549 g/mol. The average Bonchev–Trinajstić information content (AvgIpc) is 3.32. The third-order valence-electron chi connectivity index (χ3n) is 6.68. The lowest BCUT2D eigenvalue weighted by Crippen LogP contribution is -2.43. The number of carbonyl (C=O) groups is 3. The minimum Gasteiger partial charge on any atom is -0.496 e. The van der Waals surface area contributed by atoms with Crippen molar-refractivity contribution in [2.75, 3.05) is 14.2 Å². The summed E-state index contributed by atoms with van der Waals surface area (Å²) < 4.78 is 16.2. The molecule has 0 aliphatic carbocycles. The van der Waals surface area contributed by atoms with Crippen molar-refractivity contribution in [3.8, 4) is 16.9 Å².